The van der Waals surface area contributed by atoms with E-state index in [9.17, 15) is 4.79 Å². The predicted molar refractivity (Wildman–Crippen MR) is 128 cm³/mol. The number of nitrogens with zero attached hydrogens (tertiary/aromatic N) is 4. The quantitative estimate of drug-likeness (QED) is 0.371. The fourth-order valence-corrected chi connectivity index (χ4v) is 3.89. The first-order valence-corrected chi connectivity index (χ1v) is 10.6. The summed E-state index contributed by atoms with van der Waals surface area (Å²) in [4.78, 5) is 14.0. The molecular weight excluding hydrogens is 414 g/mol. The van der Waals surface area contributed by atoms with Crippen molar-refractivity contribution in [3.63, 3.8) is 0 Å². The van der Waals surface area contributed by atoms with Crippen LogP contribution in [-0.2, 0) is 7.05 Å². The van der Waals surface area contributed by atoms with E-state index in [0.29, 0.717) is 17.1 Å². The number of rotatable bonds is 7. The van der Waals surface area contributed by atoms with Crippen molar-refractivity contribution in [2.24, 2.45) is 7.05 Å². The molecule has 0 aliphatic rings. The summed E-state index contributed by atoms with van der Waals surface area (Å²) < 4.78 is 8.79. The van der Waals surface area contributed by atoms with Crippen LogP contribution in [0.25, 0.3) is 16.6 Å². The minimum absolute atomic E-state index is 0.166. The third kappa shape index (κ3) is 4.08. The van der Waals surface area contributed by atoms with Crippen LogP contribution in [0.5, 0.6) is 5.75 Å². The van der Waals surface area contributed by atoms with Crippen molar-refractivity contribution >= 4 is 17.0 Å². The maximum absolute atomic E-state index is 14.0. The van der Waals surface area contributed by atoms with Crippen molar-refractivity contribution in [3.05, 3.63) is 103 Å². The average molecular weight is 438 g/mol. The number of benzene rings is 2. The van der Waals surface area contributed by atoms with E-state index in [1.807, 2.05) is 98.3 Å². The number of anilines is 1. The number of carbonyl (C=O) groups is 1. The molecule has 164 valence electrons. The van der Waals surface area contributed by atoms with Gasteiger partial charge in [0.25, 0.3) is 0 Å². The number of nitrogens with one attached hydrogen (secondary N) is 1. The molecule has 0 fully saturated rings. The zero-order valence-electron chi connectivity index (χ0n) is 18.3. The molecule has 5 rings (SSSR count). The number of methoxy groups -OCH3 is 1. The number of aryl methyl sites for hydroxylation is 1. The third-order valence-electron chi connectivity index (χ3n) is 5.47. The maximum atomic E-state index is 14.0. The fraction of sp³-hybridized carbons (Fsp3) is 0.115. The van der Waals surface area contributed by atoms with Crippen LogP contribution in [0.15, 0.2) is 91.3 Å². The SMILES string of the molecule is COc1cccc(NC(C(=O)c2nn(C)cc2-c2ccccc2)c2cc3ccccn3n2)c1. The number of hydrogen-bond acceptors (Lipinski definition) is 5. The van der Waals surface area contributed by atoms with E-state index in [0.717, 1.165) is 22.3 Å². The lowest BCUT2D eigenvalue weighted by Gasteiger charge is -2.17. The van der Waals surface area contributed by atoms with E-state index >= 15 is 0 Å². The Bertz CT molecular complexity index is 1390. The molecule has 0 saturated carbocycles. The van der Waals surface area contributed by atoms with Gasteiger partial charge in [-0.3, -0.25) is 9.48 Å². The lowest BCUT2D eigenvalue weighted by molar-refractivity contribution is 0.0963. The topological polar surface area (TPSA) is 73.5 Å². The van der Waals surface area contributed by atoms with Gasteiger partial charge in [0, 0.05) is 36.8 Å². The van der Waals surface area contributed by atoms with Crippen LogP contribution >= 0.6 is 0 Å². The molecule has 3 heterocycles. The number of pyridine rings is 1. The second-order valence-corrected chi connectivity index (χ2v) is 7.74. The molecule has 5 aromatic rings. The molecule has 0 aliphatic heterocycles. The Hall–Kier alpha value is -4.39. The molecule has 0 spiro atoms. The Morgan fingerprint density at radius 1 is 0.970 bits per heavy atom. The second kappa shape index (κ2) is 8.63. The summed E-state index contributed by atoms with van der Waals surface area (Å²) in [6.45, 7) is 0. The highest BCUT2D eigenvalue weighted by Crippen LogP contribution is 2.30. The predicted octanol–water partition coefficient (Wildman–Crippen LogP) is 4.78. The van der Waals surface area contributed by atoms with Crippen molar-refractivity contribution in [2.45, 2.75) is 6.04 Å². The van der Waals surface area contributed by atoms with Gasteiger partial charge in [0.1, 0.15) is 17.5 Å². The number of Topliss-reactive ketones (excluding diaryl/α,β-unsaturated/α-hetero) is 1. The Kier molecular flexibility index (Phi) is 5.36. The zero-order valence-corrected chi connectivity index (χ0v) is 18.3. The van der Waals surface area contributed by atoms with Gasteiger partial charge in [-0.1, -0.05) is 42.5 Å². The smallest absolute Gasteiger partial charge is 0.212 e. The van der Waals surface area contributed by atoms with Crippen LogP contribution in [0.3, 0.4) is 0 Å². The molecule has 0 bridgehead atoms. The van der Waals surface area contributed by atoms with Crippen molar-refractivity contribution < 1.29 is 9.53 Å². The molecule has 1 unspecified atom stereocenters. The lowest BCUT2D eigenvalue weighted by Crippen LogP contribution is -2.23. The van der Waals surface area contributed by atoms with Crippen LogP contribution in [0.4, 0.5) is 5.69 Å². The van der Waals surface area contributed by atoms with E-state index in [1.54, 1.807) is 16.3 Å². The van der Waals surface area contributed by atoms with Gasteiger partial charge in [-0.15, -0.1) is 0 Å². The summed E-state index contributed by atoms with van der Waals surface area (Å²) in [7, 11) is 3.43. The molecule has 3 aromatic heterocycles. The Morgan fingerprint density at radius 2 is 1.79 bits per heavy atom. The largest absolute Gasteiger partial charge is 0.497 e. The van der Waals surface area contributed by atoms with Crippen molar-refractivity contribution in [2.75, 3.05) is 12.4 Å². The minimum Gasteiger partial charge on any atom is -0.497 e. The molecule has 0 amide bonds. The highest BCUT2D eigenvalue weighted by molar-refractivity contribution is 6.05. The van der Waals surface area contributed by atoms with E-state index in [1.165, 1.54) is 0 Å². The van der Waals surface area contributed by atoms with Crippen LogP contribution in [-0.4, -0.2) is 32.3 Å². The number of fused-ring (bicyclic) bond motifs is 1. The summed E-state index contributed by atoms with van der Waals surface area (Å²) in [5.41, 5.74) is 4.37. The Balaban J connectivity index is 1.60. The Labute approximate surface area is 191 Å². The molecule has 1 atom stereocenters. The van der Waals surface area contributed by atoms with Crippen LogP contribution in [0, 0.1) is 0 Å². The second-order valence-electron chi connectivity index (χ2n) is 7.74. The highest BCUT2D eigenvalue weighted by atomic mass is 16.5. The first kappa shape index (κ1) is 20.5. The van der Waals surface area contributed by atoms with E-state index in [4.69, 9.17) is 4.74 Å². The molecule has 2 aromatic carbocycles. The normalized spacial score (nSPS) is 11.9. The van der Waals surface area contributed by atoms with E-state index in [2.05, 4.69) is 15.5 Å². The van der Waals surface area contributed by atoms with Gasteiger partial charge in [0.05, 0.1) is 18.3 Å². The lowest BCUT2D eigenvalue weighted by atomic mass is 9.99. The minimum atomic E-state index is -0.741. The summed E-state index contributed by atoms with van der Waals surface area (Å²) in [5, 5.41) is 12.6. The van der Waals surface area contributed by atoms with Crippen LogP contribution < -0.4 is 10.1 Å². The van der Waals surface area contributed by atoms with Gasteiger partial charge in [-0.25, -0.2) is 4.52 Å². The number of hydrogen-bond donors (Lipinski definition) is 1. The standard InChI is InChI=1S/C26H23N5O2/c1-30-17-22(18-9-4-3-5-10-18)24(29-30)26(32)25(27-19-11-8-13-21(15-19)33-2)23-16-20-12-6-7-14-31(20)28-23/h3-17,25,27H,1-2H3. The molecule has 33 heavy (non-hydrogen) atoms. The molecule has 0 aliphatic carbocycles. The Morgan fingerprint density at radius 3 is 2.58 bits per heavy atom. The zero-order chi connectivity index (χ0) is 22.8. The van der Waals surface area contributed by atoms with E-state index in [-0.39, 0.29) is 5.78 Å². The number of carbonyl (C=O) groups excluding carboxylic acids is 1. The summed E-state index contributed by atoms with van der Waals surface area (Å²) in [6, 6.07) is 24.3. The van der Waals surface area contributed by atoms with Gasteiger partial charge in [-0.05, 0) is 35.9 Å². The van der Waals surface area contributed by atoms with Crippen LogP contribution in [0.1, 0.15) is 22.2 Å². The first-order chi connectivity index (χ1) is 16.1. The molecule has 0 radical (unpaired) electrons. The molecule has 7 nitrogen and oxygen atoms in total. The van der Waals surface area contributed by atoms with Gasteiger partial charge >= 0.3 is 0 Å². The maximum Gasteiger partial charge on any atom is 0.212 e. The summed E-state index contributed by atoms with van der Waals surface area (Å²) in [6.07, 6.45) is 3.73. The third-order valence-corrected chi connectivity index (χ3v) is 5.47. The summed E-state index contributed by atoms with van der Waals surface area (Å²) >= 11 is 0. The highest BCUT2D eigenvalue weighted by Gasteiger charge is 2.29. The molecule has 7 heteroatoms. The van der Waals surface area contributed by atoms with Crippen molar-refractivity contribution in [3.8, 4) is 16.9 Å². The van der Waals surface area contributed by atoms with Gasteiger partial charge in [-0.2, -0.15) is 10.2 Å². The molecule has 1 N–H and O–H groups in total. The fourth-order valence-electron chi connectivity index (χ4n) is 3.89. The van der Waals surface area contributed by atoms with Crippen molar-refractivity contribution in [1.82, 2.24) is 19.4 Å². The van der Waals surface area contributed by atoms with E-state index < -0.39 is 6.04 Å². The van der Waals surface area contributed by atoms with Gasteiger partial charge in [0.15, 0.2) is 0 Å². The summed E-state index contributed by atoms with van der Waals surface area (Å²) in [5.74, 6) is 0.532. The van der Waals surface area contributed by atoms with Gasteiger partial charge in [0.2, 0.25) is 5.78 Å². The first-order valence-electron chi connectivity index (χ1n) is 10.6. The van der Waals surface area contributed by atoms with Crippen LogP contribution in [0.2, 0.25) is 0 Å². The number of ketones is 1. The number of ether oxygens (including phenoxy) is 1. The average Bonchev–Trinajstić information content (AvgIpc) is 3.46. The molecular formula is C26H23N5O2. The number of aromatic nitrogens is 4. The monoisotopic (exact) mass is 437 g/mol. The molecule has 0 saturated heterocycles. The van der Waals surface area contributed by atoms with Crippen molar-refractivity contribution in [1.29, 1.82) is 0 Å². The van der Waals surface area contributed by atoms with Gasteiger partial charge < -0.3 is 10.1 Å².